The Kier molecular flexibility index (Phi) is 9.57. The summed E-state index contributed by atoms with van der Waals surface area (Å²) in [6, 6.07) is 14.6. The van der Waals surface area contributed by atoms with Crippen molar-refractivity contribution in [2.75, 3.05) is 14.2 Å². The van der Waals surface area contributed by atoms with Gasteiger partial charge in [0, 0.05) is 0 Å². The van der Waals surface area contributed by atoms with Gasteiger partial charge in [0.15, 0.2) is 0 Å². The van der Waals surface area contributed by atoms with Crippen LogP contribution in [0.15, 0.2) is 58.7 Å². The van der Waals surface area contributed by atoms with Crippen LogP contribution in [0.2, 0.25) is 0 Å². The van der Waals surface area contributed by atoms with Gasteiger partial charge in [0.25, 0.3) is 11.8 Å². The molecule has 0 aliphatic heterocycles. The summed E-state index contributed by atoms with van der Waals surface area (Å²) in [5.74, 6) is 0.800. The van der Waals surface area contributed by atoms with Crippen LogP contribution in [0, 0.1) is 0 Å². The van der Waals surface area contributed by atoms with E-state index in [4.69, 9.17) is 9.47 Å². The zero-order valence-corrected chi connectivity index (χ0v) is 18.7. The highest BCUT2D eigenvalue weighted by molar-refractivity contribution is 8.01. The number of methoxy groups -OCH3 is 2. The van der Waals surface area contributed by atoms with Crippen LogP contribution >= 0.6 is 11.8 Å². The van der Waals surface area contributed by atoms with Gasteiger partial charge in [0.2, 0.25) is 0 Å². The molecule has 2 rings (SSSR count). The fourth-order valence-corrected chi connectivity index (χ4v) is 3.36. The highest BCUT2D eigenvalue weighted by Crippen LogP contribution is 2.18. The van der Waals surface area contributed by atoms with Gasteiger partial charge in [-0.2, -0.15) is 10.2 Å². The van der Waals surface area contributed by atoms with Gasteiger partial charge in [-0.1, -0.05) is 24.3 Å². The number of hydrogen-bond donors (Lipinski definition) is 2. The number of thioether (sulfide) groups is 1. The normalized spacial score (nSPS) is 13.0. The van der Waals surface area contributed by atoms with Gasteiger partial charge in [0.05, 0.1) is 37.1 Å². The van der Waals surface area contributed by atoms with E-state index in [2.05, 4.69) is 21.1 Å². The molecule has 0 saturated heterocycles. The molecule has 9 heteroatoms. The maximum Gasteiger partial charge on any atom is 0.252 e. The average Bonchev–Trinajstić information content (AvgIpc) is 2.79. The minimum atomic E-state index is -0.481. The van der Waals surface area contributed by atoms with Crippen LogP contribution in [0.3, 0.4) is 0 Å². The van der Waals surface area contributed by atoms with Gasteiger partial charge in [-0.25, -0.2) is 10.9 Å². The lowest BCUT2D eigenvalue weighted by molar-refractivity contribution is -0.120. The molecule has 0 heterocycles. The van der Waals surface area contributed by atoms with Crippen LogP contribution in [0.25, 0.3) is 0 Å². The number of hydrazone groups is 2. The second kappa shape index (κ2) is 12.4. The molecule has 0 bridgehead atoms. The van der Waals surface area contributed by atoms with Crippen LogP contribution in [0.1, 0.15) is 25.0 Å². The minimum Gasteiger partial charge on any atom is -0.497 e. The number of nitrogens with zero attached hydrogens (tertiary/aromatic N) is 2. The molecule has 2 aromatic carbocycles. The van der Waals surface area contributed by atoms with E-state index in [1.165, 1.54) is 24.2 Å². The molecule has 0 radical (unpaired) electrons. The summed E-state index contributed by atoms with van der Waals surface area (Å²) in [5, 5.41) is 6.96. The Balaban J connectivity index is 1.79. The summed E-state index contributed by atoms with van der Waals surface area (Å²) < 4.78 is 10.3. The first-order chi connectivity index (χ1) is 14.9. The largest absolute Gasteiger partial charge is 0.497 e. The molecule has 0 aliphatic rings. The summed E-state index contributed by atoms with van der Waals surface area (Å²) in [6.45, 7) is 3.43. The second-order valence-electron chi connectivity index (χ2n) is 6.44. The number of carbonyl (C=O) groups excluding carboxylic acids is 2. The summed E-state index contributed by atoms with van der Waals surface area (Å²) in [7, 11) is 3.16. The Morgan fingerprint density at radius 2 is 1.26 bits per heavy atom. The van der Waals surface area contributed by atoms with E-state index in [9.17, 15) is 9.59 Å². The van der Waals surface area contributed by atoms with Crippen molar-refractivity contribution in [3.63, 3.8) is 0 Å². The molecule has 2 N–H and O–H groups in total. The molecule has 2 atom stereocenters. The maximum absolute atomic E-state index is 12.2. The molecule has 31 heavy (non-hydrogen) atoms. The number of benzene rings is 2. The molecule has 164 valence electrons. The summed E-state index contributed by atoms with van der Waals surface area (Å²) in [6.07, 6.45) is 3.06. The van der Waals surface area contributed by atoms with Crippen molar-refractivity contribution in [2.45, 2.75) is 24.3 Å². The highest BCUT2D eigenvalue weighted by atomic mass is 32.2. The van der Waals surface area contributed by atoms with Crippen molar-refractivity contribution in [2.24, 2.45) is 10.2 Å². The van der Waals surface area contributed by atoms with Gasteiger partial charge in [-0.05, 0) is 49.2 Å². The summed E-state index contributed by atoms with van der Waals surface area (Å²) in [5.41, 5.74) is 6.55. The van der Waals surface area contributed by atoms with Crippen molar-refractivity contribution in [1.82, 2.24) is 10.9 Å². The molecule has 8 nitrogen and oxygen atoms in total. The average molecular weight is 443 g/mol. The molecule has 0 spiro atoms. The van der Waals surface area contributed by atoms with E-state index in [1.54, 1.807) is 40.2 Å². The van der Waals surface area contributed by atoms with Crippen molar-refractivity contribution < 1.29 is 19.1 Å². The quantitative estimate of drug-likeness (QED) is 0.435. The van der Waals surface area contributed by atoms with Crippen LogP contribution in [0.5, 0.6) is 11.5 Å². The van der Waals surface area contributed by atoms with Gasteiger partial charge >= 0.3 is 0 Å². The molecule has 0 saturated carbocycles. The predicted molar refractivity (Wildman–Crippen MR) is 124 cm³/mol. The Bertz CT molecular complexity index is 873. The molecule has 0 fully saturated rings. The molecule has 2 aromatic rings. The molecular weight excluding hydrogens is 416 g/mol. The van der Waals surface area contributed by atoms with Gasteiger partial charge < -0.3 is 9.47 Å². The van der Waals surface area contributed by atoms with Crippen LogP contribution < -0.4 is 20.3 Å². The molecule has 0 unspecified atom stereocenters. The number of ether oxygens (including phenoxy) is 2. The Labute approximate surface area is 186 Å². The first-order valence-corrected chi connectivity index (χ1v) is 10.5. The smallest absolute Gasteiger partial charge is 0.252 e. The standard InChI is InChI=1S/C22H26N4O4S/c1-15(21(27)25-23-13-17-7-5-9-19(11-17)29-3)31-16(2)22(28)26-24-14-18-8-6-10-20(12-18)30-4/h5-16H,1-4H3,(H,25,27)(H,26,28)/t15-,16+. The third kappa shape index (κ3) is 8.13. The maximum atomic E-state index is 12.2. The van der Waals surface area contributed by atoms with Crippen molar-refractivity contribution in [3.05, 3.63) is 59.7 Å². The number of carbonyl (C=O) groups is 2. The fourth-order valence-electron chi connectivity index (χ4n) is 2.40. The van der Waals surface area contributed by atoms with Gasteiger partial charge in [0.1, 0.15) is 11.5 Å². The first kappa shape index (κ1) is 23.9. The molecule has 0 aromatic heterocycles. The van der Waals surface area contributed by atoms with Crippen LogP contribution in [-0.2, 0) is 9.59 Å². The first-order valence-electron chi connectivity index (χ1n) is 9.52. The summed E-state index contributed by atoms with van der Waals surface area (Å²) >= 11 is 1.21. The van der Waals surface area contributed by atoms with Crippen molar-refractivity contribution in [3.8, 4) is 11.5 Å². The second-order valence-corrected chi connectivity index (χ2v) is 8.13. The predicted octanol–water partition coefficient (Wildman–Crippen LogP) is 2.81. The van der Waals surface area contributed by atoms with Crippen LogP contribution in [0.4, 0.5) is 0 Å². The van der Waals surface area contributed by atoms with E-state index < -0.39 is 10.5 Å². The third-order valence-electron chi connectivity index (χ3n) is 4.11. The van der Waals surface area contributed by atoms with E-state index in [0.29, 0.717) is 11.5 Å². The molecule has 2 amide bonds. The van der Waals surface area contributed by atoms with Crippen molar-refractivity contribution in [1.29, 1.82) is 0 Å². The minimum absolute atomic E-state index is 0.302. The monoisotopic (exact) mass is 442 g/mol. The van der Waals surface area contributed by atoms with Gasteiger partial charge in [-0.3, -0.25) is 9.59 Å². The van der Waals surface area contributed by atoms with Crippen LogP contribution in [-0.4, -0.2) is 49.0 Å². The Hall–Kier alpha value is -3.33. The number of nitrogens with one attached hydrogen (secondary N) is 2. The lowest BCUT2D eigenvalue weighted by atomic mass is 10.2. The Morgan fingerprint density at radius 3 is 1.65 bits per heavy atom. The number of rotatable bonds is 10. The molecule has 0 aliphatic carbocycles. The van der Waals surface area contributed by atoms with E-state index in [0.717, 1.165) is 11.1 Å². The Morgan fingerprint density at radius 1 is 0.839 bits per heavy atom. The van der Waals surface area contributed by atoms with E-state index in [-0.39, 0.29) is 11.8 Å². The van der Waals surface area contributed by atoms with Gasteiger partial charge in [-0.15, -0.1) is 11.8 Å². The topological polar surface area (TPSA) is 101 Å². The summed E-state index contributed by atoms with van der Waals surface area (Å²) in [4.78, 5) is 24.5. The van der Waals surface area contributed by atoms with E-state index in [1.807, 2.05) is 36.4 Å². The third-order valence-corrected chi connectivity index (χ3v) is 5.36. The number of amides is 2. The lowest BCUT2D eigenvalue weighted by Gasteiger charge is -2.14. The zero-order valence-electron chi connectivity index (χ0n) is 17.9. The lowest BCUT2D eigenvalue weighted by Crippen LogP contribution is -2.33. The SMILES string of the molecule is COc1cccc(C=NNC(=O)[C@H](C)S[C@H](C)C(=O)NN=Cc2cccc(OC)c2)c1. The molecular formula is C22H26N4O4S. The fraction of sp³-hybridized carbons (Fsp3) is 0.273. The zero-order chi connectivity index (χ0) is 22.6. The number of hydrogen-bond acceptors (Lipinski definition) is 7. The van der Waals surface area contributed by atoms with E-state index >= 15 is 0 Å². The highest BCUT2D eigenvalue weighted by Gasteiger charge is 2.21. The van der Waals surface area contributed by atoms with Crippen molar-refractivity contribution >= 4 is 36.0 Å².